The van der Waals surface area contributed by atoms with Gasteiger partial charge in [0, 0.05) is 12.8 Å². The quantitative estimate of drug-likeness (QED) is 0.473. The monoisotopic (exact) mass is 275 g/mol. The lowest BCUT2D eigenvalue weighted by atomic mass is 9.64. The number of aliphatic hydroxyl groups excluding tert-OH is 3. The number of carbonyl (C=O) groups is 1. The lowest BCUT2D eigenvalue weighted by Crippen LogP contribution is -2.81. The van der Waals surface area contributed by atoms with Crippen LogP contribution < -0.4 is 5.73 Å². The van der Waals surface area contributed by atoms with Crippen molar-refractivity contribution in [3.05, 3.63) is 0 Å². The standard InChI is InChI=1S/C12H21NO6/c1-6-3-11(18-6,9(16)8(15)5-14)12(10(13)17)4-7(2)19-12/h6-9,14-16H,3-5H2,1-2H3,(H2,13,17)/t6?,7?,8-,9-,11+,12+/m1/s1. The molecule has 7 nitrogen and oxygen atoms in total. The van der Waals surface area contributed by atoms with Gasteiger partial charge in [0.05, 0.1) is 18.8 Å². The fourth-order valence-electron chi connectivity index (χ4n) is 3.25. The van der Waals surface area contributed by atoms with Gasteiger partial charge in [0.1, 0.15) is 17.8 Å². The molecule has 2 heterocycles. The molecule has 0 aromatic carbocycles. The number of carbonyl (C=O) groups excluding carboxylic acids is 1. The van der Waals surface area contributed by atoms with Crippen molar-refractivity contribution in [3.8, 4) is 0 Å². The van der Waals surface area contributed by atoms with E-state index in [0.717, 1.165) is 0 Å². The van der Waals surface area contributed by atoms with Crippen LogP contribution in [0.25, 0.3) is 0 Å². The van der Waals surface area contributed by atoms with Crippen molar-refractivity contribution in [2.75, 3.05) is 6.61 Å². The molecule has 6 atom stereocenters. The molecule has 2 fully saturated rings. The number of amides is 1. The predicted molar refractivity (Wildman–Crippen MR) is 64.1 cm³/mol. The summed E-state index contributed by atoms with van der Waals surface area (Å²) in [7, 11) is 0. The second-order valence-electron chi connectivity index (χ2n) is 5.54. The summed E-state index contributed by atoms with van der Waals surface area (Å²) < 4.78 is 11.1. The lowest BCUT2D eigenvalue weighted by Gasteiger charge is -2.63. The van der Waals surface area contributed by atoms with Crippen molar-refractivity contribution in [2.45, 2.75) is 62.3 Å². The number of ether oxygens (including phenoxy) is 2. The second-order valence-corrected chi connectivity index (χ2v) is 5.54. The van der Waals surface area contributed by atoms with Crippen LogP contribution in [0.5, 0.6) is 0 Å². The molecule has 2 aliphatic heterocycles. The smallest absolute Gasteiger partial charge is 0.252 e. The molecular formula is C12H21NO6. The van der Waals surface area contributed by atoms with Gasteiger partial charge in [-0.3, -0.25) is 4.79 Å². The maximum absolute atomic E-state index is 11.8. The normalized spacial score (nSPS) is 44.9. The first-order valence-corrected chi connectivity index (χ1v) is 6.41. The molecule has 2 rings (SSSR count). The Labute approximate surface area is 111 Å². The van der Waals surface area contributed by atoms with Gasteiger partial charge in [0.25, 0.3) is 5.91 Å². The van der Waals surface area contributed by atoms with Gasteiger partial charge in [-0.15, -0.1) is 0 Å². The van der Waals surface area contributed by atoms with Crippen molar-refractivity contribution >= 4 is 5.91 Å². The first kappa shape index (κ1) is 14.7. The molecular weight excluding hydrogens is 254 g/mol. The number of primary amides is 1. The highest BCUT2D eigenvalue weighted by molar-refractivity contribution is 5.86. The van der Waals surface area contributed by atoms with E-state index in [4.69, 9.17) is 20.3 Å². The summed E-state index contributed by atoms with van der Waals surface area (Å²) in [6.07, 6.45) is -2.53. The molecule has 110 valence electrons. The fourth-order valence-corrected chi connectivity index (χ4v) is 3.25. The van der Waals surface area contributed by atoms with Crippen LogP contribution in [0.4, 0.5) is 0 Å². The molecule has 0 radical (unpaired) electrons. The summed E-state index contributed by atoms with van der Waals surface area (Å²) in [4.78, 5) is 11.8. The molecule has 19 heavy (non-hydrogen) atoms. The first-order valence-electron chi connectivity index (χ1n) is 6.41. The Hall–Kier alpha value is -0.730. The van der Waals surface area contributed by atoms with Crippen LogP contribution >= 0.6 is 0 Å². The van der Waals surface area contributed by atoms with Crippen LogP contribution in [-0.4, -0.2) is 63.5 Å². The van der Waals surface area contributed by atoms with E-state index in [-0.39, 0.29) is 12.2 Å². The van der Waals surface area contributed by atoms with Gasteiger partial charge in [-0.1, -0.05) is 0 Å². The molecule has 0 bridgehead atoms. The van der Waals surface area contributed by atoms with Crippen molar-refractivity contribution in [1.29, 1.82) is 0 Å². The van der Waals surface area contributed by atoms with Crippen molar-refractivity contribution in [2.24, 2.45) is 5.73 Å². The van der Waals surface area contributed by atoms with E-state index in [1.165, 1.54) is 0 Å². The number of rotatable bonds is 5. The first-order chi connectivity index (χ1) is 8.79. The third kappa shape index (κ3) is 1.88. The van der Waals surface area contributed by atoms with Crippen LogP contribution in [0.2, 0.25) is 0 Å². The van der Waals surface area contributed by atoms with Gasteiger partial charge >= 0.3 is 0 Å². The Bertz CT molecular complexity index is 361. The van der Waals surface area contributed by atoms with E-state index < -0.39 is 35.9 Å². The maximum Gasteiger partial charge on any atom is 0.252 e. The van der Waals surface area contributed by atoms with E-state index in [1.54, 1.807) is 13.8 Å². The molecule has 0 aliphatic carbocycles. The molecule has 0 aromatic heterocycles. The molecule has 0 aromatic rings. The summed E-state index contributed by atoms with van der Waals surface area (Å²) in [6, 6.07) is 0. The van der Waals surface area contributed by atoms with Crippen LogP contribution in [0, 0.1) is 0 Å². The van der Waals surface area contributed by atoms with Crippen LogP contribution in [0.15, 0.2) is 0 Å². The van der Waals surface area contributed by atoms with E-state index in [0.29, 0.717) is 12.8 Å². The van der Waals surface area contributed by atoms with Crippen LogP contribution in [0.1, 0.15) is 26.7 Å². The average molecular weight is 275 g/mol. The van der Waals surface area contributed by atoms with E-state index >= 15 is 0 Å². The summed E-state index contributed by atoms with van der Waals surface area (Å²) in [5, 5.41) is 28.9. The van der Waals surface area contributed by atoms with E-state index in [9.17, 15) is 15.0 Å². The van der Waals surface area contributed by atoms with Crippen molar-refractivity contribution < 1.29 is 29.6 Å². The van der Waals surface area contributed by atoms with Gasteiger partial charge in [-0.2, -0.15) is 0 Å². The Balaban J connectivity index is 2.31. The highest BCUT2D eigenvalue weighted by Gasteiger charge is 2.72. The molecule has 0 spiro atoms. The summed E-state index contributed by atoms with van der Waals surface area (Å²) in [6.45, 7) is 2.93. The minimum Gasteiger partial charge on any atom is -0.394 e. The van der Waals surface area contributed by atoms with Gasteiger partial charge in [0.2, 0.25) is 0 Å². The second kappa shape index (κ2) is 4.68. The van der Waals surface area contributed by atoms with E-state index in [1.807, 2.05) is 0 Å². The van der Waals surface area contributed by atoms with Gasteiger partial charge < -0.3 is 30.5 Å². The highest BCUT2D eigenvalue weighted by atomic mass is 16.6. The van der Waals surface area contributed by atoms with Crippen molar-refractivity contribution in [1.82, 2.24) is 0 Å². The van der Waals surface area contributed by atoms with E-state index in [2.05, 4.69) is 0 Å². The molecule has 5 N–H and O–H groups in total. The molecule has 7 heteroatoms. The average Bonchev–Trinajstić information content (AvgIpc) is 2.28. The third-order valence-electron chi connectivity index (χ3n) is 4.09. The van der Waals surface area contributed by atoms with Crippen LogP contribution in [-0.2, 0) is 14.3 Å². The SMILES string of the molecule is CC1C[C@](C(N)=O)([C@@]2([C@H](O)[C@H](O)CO)CC(C)O2)O1. The zero-order valence-corrected chi connectivity index (χ0v) is 11.1. The summed E-state index contributed by atoms with van der Waals surface area (Å²) in [5.74, 6) is -0.721. The third-order valence-corrected chi connectivity index (χ3v) is 4.09. The van der Waals surface area contributed by atoms with Gasteiger partial charge in [0.15, 0.2) is 5.60 Å². The van der Waals surface area contributed by atoms with Crippen LogP contribution in [0.3, 0.4) is 0 Å². The Morgan fingerprint density at radius 3 is 2.11 bits per heavy atom. The molecule has 1 amide bonds. The molecule has 2 aliphatic rings. The molecule has 2 saturated heterocycles. The van der Waals surface area contributed by atoms with Gasteiger partial charge in [-0.05, 0) is 13.8 Å². The fraction of sp³-hybridized carbons (Fsp3) is 0.917. The number of hydrogen-bond donors (Lipinski definition) is 4. The number of nitrogens with two attached hydrogens (primary N) is 1. The topological polar surface area (TPSA) is 122 Å². The van der Waals surface area contributed by atoms with Crippen molar-refractivity contribution in [3.63, 3.8) is 0 Å². The Morgan fingerprint density at radius 1 is 1.32 bits per heavy atom. The zero-order chi connectivity index (χ0) is 14.4. The number of hydrogen-bond acceptors (Lipinski definition) is 6. The number of aliphatic hydroxyl groups is 3. The zero-order valence-electron chi connectivity index (χ0n) is 11.1. The molecule has 0 saturated carbocycles. The minimum atomic E-state index is -1.44. The summed E-state index contributed by atoms with van der Waals surface area (Å²) in [5.41, 5.74) is 2.60. The predicted octanol–water partition coefficient (Wildman–Crippen LogP) is -1.72. The highest BCUT2D eigenvalue weighted by Crippen LogP contribution is 2.53. The Morgan fingerprint density at radius 2 is 1.79 bits per heavy atom. The largest absolute Gasteiger partial charge is 0.394 e. The summed E-state index contributed by atoms with van der Waals surface area (Å²) >= 11 is 0. The lowest BCUT2D eigenvalue weighted by molar-refractivity contribution is -0.368. The molecule has 2 unspecified atom stereocenters. The minimum absolute atomic E-state index is 0.164. The van der Waals surface area contributed by atoms with Gasteiger partial charge in [-0.25, -0.2) is 0 Å². The maximum atomic E-state index is 11.8. The Kier molecular flexibility index (Phi) is 3.61.